The molecule has 1 saturated heterocycles. The van der Waals surface area contributed by atoms with Gasteiger partial charge < -0.3 is 14.8 Å². The summed E-state index contributed by atoms with van der Waals surface area (Å²) in [4.78, 5) is 24.7. The number of halogens is 1. The van der Waals surface area contributed by atoms with Gasteiger partial charge in [0.1, 0.15) is 23.8 Å². The van der Waals surface area contributed by atoms with Gasteiger partial charge in [-0.15, -0.1) is 0 Å². The quantitative estimate of drug-likeness (QED) is 0.211. The number of hydrogen-bond donors (Lipinski definition) is 1. The van der Waals surface area contributed by atoms with Crippen molar-refractivity contribution in [1.82, 2.24) is 5.32 Å². The molecule has 3 aromatic rings. The maximum Gasteiger partial charge on any atom is 0.281 e. The Bertz CT molecular complexity index is 1310. The van der Waals surface area contributed by atoms with Gasteiger partial charge >= 0.3 is 0 Å². The molecule has 1 heterocycles. The van der Waals surface area contributed by atoms with Crippen LogP contribution < -0.4 is 19.7 Å². The molecule has 0 atom stereocenters. The molecule has 1 fully saturated rings. The van der Waals surface area contributed by atoms with Gasteiger partial charge in [-0.2, -0.15) is 0 Å². The maximum absolute atomic E-state index is 12.9. The lowest BCUT2D eigenvalue weighted by atomic mass is 10.1. The van der Waals surface area contributed by atoms with Crippen LogP contribution in [0.4, 0.5) is 11.4 Å². The van der Waals surface area contributed by atoms with Crippen molar-refractivity contribution in [3.05, 3.63) is 98.7 Å². The zero-order valence-electron chi connectivity index (χ0n) is 17.9. The van der Waals surface area contributed by atoms with Gasteiger partial charge in [0.15, 0.2) is 5.11 Å². The minimum absolute atomic E-state index is 0.0909. The molecular weight excluding hydrogens is 478 g/mol. The van der Waals surface area contributed by atoms with Crippen LogP contribution in [0.5, 0.6) is 11.5 Å². The number of hydrogen-bond acceptors (Lipinski definition) is 6. The molecule has 1 N–H and O–H groups in total. The Morgan fingerprint density at radius 2 is 1.85 bits per heavy atom. The van der Waals surface area contributed by atoms with Crippen LogP contribution in [0.25, 0.3) is 6.08 Å². The van der Waals surface area contributed by atoms with E-state index in [-0.39, 0.29) is 23.2 Å². The fraction of sp³-hybridized carbons (Fsp3) is 0.0833. The van der Waals surface area contributed by atoms with Crippen molar-refractivity contribution in [3.8, 4) is 11.5 Å². The lowest BCUT2D eigenvalue weighted by molar-refractivity contribution is -0.384. The summed E-state index contributed by atoms with van der Waals surface area (Å²) < 4.78 is 11.2. The lowest BCUT2D eigenvalue weighted by Crippen LogP contribution is -2.30. The number of carbonyl (C=O) groups excluding carboxylic acids is 1. The number of nitro benzene ring substituents is 1. The molecule has 10 heteroatoms. The van der Waals surface area contributed by atoms with Crippen LogP contribution in [0.1, 0.15) is 11.1 Å². The average molecular weight is 496 g/mol. The Morgan fingerprint density at radius 1 is 1.12 bits per heavy atom. The number of para-hydroxylation sites is 1. The second kappa shape index (κ2) is 9.90. The smallest absolute Gasteiger partial charge is 0.281 e. The largest absolute Gasteiger partial charge is 0.496 e. The van der Waals surface area contributed by atoms with E-state index in [0.717, 1.165) is 5.56 Å². The SMILES string of the molecule is COc1ccc(/C=C2/NC(=S)N(c3ccccc3)C2=O)cc1COc1ccc([N+](=O)[O-])cc1Cl. The number of nitro groups is 1. The summed E-state index contributed by atoms with van der Waals surface area (Å²) in [5.74, 6) is 0.615. The Balaban J connectivity index is 1.56. The van der Waals surface area contributed by atoms with Crippen LogP contribution in [0.2, 0.25) is 5.02 Å². The van der Waals surface area contributed by atoms with Gasteiger partial charge in [-0.1, -0.05) is 35.9 Å². The Labute approximate surface area is 205 Å². The molecule has 1 aliphatic heterocycles. The molecule has 0 aliphatic carbocycles. The van der Waals surface area contributed by atoms with Gasteiger partial charge in [-0.3, -0.25) is 19.8 Å². The van der Waals surface area contributed by atoms with Gasteiger partial charge in [-0.05, 0) is 54.2 Å². The van der Waals surface area contributed by atoms with Crippen molar-refractivity contribution < 1.29 is 19.2 Å². The predicted octanol–water partition coefficient (Wildman–Crippen LogP) is 5.10. The van der Waals surface area contributed by atoms with Gasteiger partial charge in [0, 0.05) is 17.7 Å². The van der Waals surface area contributed by atoms with E-state index in [4.69, 9.17) is 33.3 Å². The number of carbonyl (C=O) groups is 1. The van der Waals surface area contributed by atoms with E-state index in [1.54, 1.807) is 30.3 Å². The summed E-state index contributed by atoms with van der Waals surface area (Å²) in [6.45, 7) is 0.0909. The number of amides is 1. The van der Waals surface area contributed by atoms with E-state index in [2.05, 4.69) is 5.32 Å². The second-order valence-corrected chi connectivity index (χ2v) is 7.99. The summed E-state index contributed by atoms with van der Waals surface area (Å²) in [7, 11) is 1.54. The topological polar surface area (TPSA) is 93.9 Å². The standard InChI is InChI=1S/C24H18ClN3O5S/c1-32-21-9-7-15(11-16(21)14-33-22-10-8-18(28(30)31)13-19(22)25)12-20-23(29)27(24(34)26-20)17-5-3-2-4-6-17/h2-13H,14H2,1H3,(H,26,34)/b20-12+. The fourth-order valence-electron chi connectivity index (χ4n) is 3.39. The molecule has 0 radical (unpaired) electrons. The third-order valence-electron chi connectivity index (χ3n) is 5.02. The van der Waals surface area contributed by atoms with E-state index >= 15 is 0 Å². The van der Waals surface area contributed by atoms with E-state index in [1.807, 2.05) is 24.3 Å². The summed E-state index contributed by atoms with van der Waals surface area (Å²) in [5, 5.41) is 14.3. The highest BCUT2D eigenvalue weighted by Crippen LogP contribution is 2.31. The first kappa shape index (κ1) is 23.2. The third kappa shape index (κ3) is 4.85. The number of thiocarbonyl (C=S) groups is 1. The van der Waals surface area contributed by atoms with Crippen molar-refractivity contribution in [1.29, 1.82) is 0 Å². The number of non-ortho nitro benzene ring substituents is 1. The summed E-state index contributed by atoms with van der Waals surface area (Å²) in [6.07, 6.45) is 1.69. The predicted molar refractivity (Wildman–Crippen MR) is 133 cm³/mol. The van der Waals surface area contributed by atoms with E-state index in [0.29, 0.717) is 33.6 Å². The van der Waals surface area contributed by atoms with E-state index in [9.17, 15) is 14.9 Å². The molecule has 8 nitrogen and oxygen atoms in total. The van der Waals surface area contributed by atoms with E-state index in [1.165, 1.54) is 30.2 Å². The Morgan fingerprint density at radius 3 is 2.53 bits per heavy atom. The number of nitrogens with zero attached hydrogens (tertiary/aromatic N) is 2. The number of benzene rings is 3. The minimum Gasteiger partial charge on any atom is -0.496 e. The summed E-state index contributed by atoms with van der Waals surface area (Å²) in [6, 6.07) is 18.5. The minimum atomic E-state index is -0.529. The van der Waals surface area contributed by atoms with Crippen LogP contribution in [-0.4, -0.2) is 23.1 Å². The van der Waals surface area contributed by atoms with Crippen LogP contribution in [-0.2, 0) is 11.4 Å². The second-order valence-electron chi connectivity index (χ2n) is 7.20. The molecule has 0 spiro atoms. The van der Waals surface area contributed by atoms with Crippen molar-refractivity contribution in [3.63, 3.8) is 0 Å². The molecule has 0 bridgehead atoms. The number of ether oxygens (including phenoxy) is 2. The van der Waals surface area contributed by atoms with Crippen molar-refractivity contribution in [2.24, 2.45) is 0 Å². The zero-order valence-corrected chi connectivity index (χ0v) is 19.4. The highest BCUT2D eigenvalue weighted by Gasteiger charge is 2.31. The van der Waals surface area contributed by atoms with Crippen molar-refractivity contribution >= 4 is 52.3 Å². The highest BCUT2D eigenvalue weighted by atomic mass is 35.5. The van der Waals surface area contributed by atoms with Crippen LogP contribution in [0, 0.1) is 10.1 Å². The van der Waals surface area contributed by atoms with Gasteiger partial charge in [-0.25, -0.2) is 0 Å². The molecule has 0 aromatic heterocycles. The molecule has 1 aliphatic rings. The molecule has 4 rings (SSSR count). The van der Waals surface area contributed by atoms with Gasteiger partial charge in [0.25, 0.3) is 11.6 Å². The number of nitrogens with one attached hydrogen (secondary N) is 1. The highest BCUT2D eigenvalue weighted by molar-refractivity contribution is 7.80. The maximum atomic E-state index is 12.9. The molecular formula is C24H18ClN3O5S. The molecule has 0 saturated carbocycles. The zero-order chi connectivity index (χ0) is 24.2. The number of anilines is 1. The van der Waals surface area contributed by atoms with Crippen LogP contribution in [0.3, 0.4) is 0 Å². The molecule has 34 heavy (non-hydrogen) atoms. The van der Waals surface area contributed by atoms with Gasteiger partial charge in [0.2, 0.25) is 0 Å². The summed E-state index contributed by atoms with van der Waals surface area (Å²) in [5.41, 5.74) is 2.31. The third-order valence-corrected chi connectivity index (χ3v) is 5.60. The van der Waals surface area contributed by atoms with Crippen LogP contribution in [0.15, 0.2) is 72.4 Å². The first-order chi connectivity index (χ1) is 16.4. The fourth-order valence-corrected chi connectivity index (χ4v) is 3.92. The normalized spacial score (nSPS) is 14.3. The molecule has 172 valence electrons. The molecule has 1 amide bonds. The first-order valence-electron chi connectivity index (χ1n) is 10.0. The Hall–Kier alpha value is -3.95. The monoisotopic (exact) mass is 495 g/mol. The number of methoxy groups -OCH3 is 1. The van der Waals surface area contributed by atoms with E-state index < -0.39 is 4.92 Å². The Kier molecular flexibility index (Phi) is 6.76. The van der Waals surface area contributed by atoms with Crippen molar-refractivity contribution in [2.75, 3.05) is 12.0 Å². The molecule has 3 aromatic carbocycles. The summed E-state index contributed by atoms with van der Waals surface area (Å²) >= 11 is 11.5. The lowest BCUT2D eigenvalue weighted by Gasteiger charge is -2.13. The van der Waals surface area contributed by atoms with Gasteiger partial charge in [0.05, 0.1) is 22.7 Å². The van der Waals surface area contributed by atoms with Crippen LogP contribution >= 0.6 is 23.8 Å². The first-order valence-corrected chi connectivity index (χ1v) is 10.8. The van der Waals surface area contributed by atoms with Crippen molar-refractivity contribution in [2.45, 2.75) is 6.61 Å². The number of rotatable bonds is 7. The molecule has 0 unspecified atom stereocenters. The average Bonchev–Trinajstić information content (AvgIpc) is 3.11.